The quantitative estimate of drug-likeness (QED) is 0.689. The van der Waals surface area contributed by atoms with E-state index in [9.17, 15) is 4.39 Å². The minimum Gasteiger partial charge on any atom is -0.312 e. The fourth-order valence-corrected chi connectivity index (χ4v) is 2.31. The second-order valence-corrected chi connectivity index (χ2v) is 5.36. The van der Waals surface area contributed by atoms with E-state index in [1.54, 1.807) is 6.07 Å². The summed E-state index contributed by atoms with van der Waals surface area (Å²) in [4.78, 5) is 0. The molecule has 1 aromatic rings. The Morgan fingerprint density at radius 3 is 2.73 bits per heavy atom. The van der Waals surface area contributed by atoms with E-state index in [1.807, 2.05) is 6.07 Å². The maximum Gasteiger partial charge on any atom is 0.127 e. The van der Waals surface area contributed by atoms with Gasteiger partial charge in [0.25, 0.3) is 0 Å². The third kappa shape index (κ3) is 1.91. The van der Waals surface area contributed by atoms with Crippen LogP contribution >= 0.6 is 0 Å². The van der Waals surface area contributed by atoms with Crippen LogP contribution in [0, 0.1) is 11.2 Å². The van der Waals surface area contributed by atoms with Crippen LogP contribution in [0.4, 0.5) is 4.39 Å². The number of halogens is 1. The third-order valence-electron chi connectivity index (χ3n) is 3.23. The van der Waals surface area contributed by atoms with Gasteiger partial charge in [-0.15, -0.1) is 0 Å². The van der Waals surface area contributed by atoms with Gasteiger partial charge in [0.15, 0.2) is 0 Å². The Morgan fingerprint density at radius 1 is 1.33 bits per heavy atom. The molecule has 1 aromatic carbocycles. The summed E-state index contributed by atoms with van der Waals surface area (Å²) in [6.45, 7) is 8.23. The van der Waals surface area contributed by atoms with Crippen LogP contribution in [0.2, 0.25) is 0 Å². The molecule has 1 heterocycles. The maximum absolute atomic E-state index is 13.6. The van der Waals surface area contributed by atoms with Crippen LogP contribution in [0.1, 0.15) is 37.8 Å². The molecule has 1 N–H and O–H groups in total. The topological polar surface area (TPSA) is 12.0 Å². The molecule has 0 aromatic heterocycles. The van der Waals surface area contributed by atoms with Gasteiger partial charge in [0, 0.05) is 24.6 Å². The van der Waals surface area contributed by atoms with E-state index in [0.717, 1.165) is 12.1 Å². The second kappa shape index (κ2) is 3.60. The molecule has 0 saturated heterocycles. The average molecular weight is 207 g/mol. The predicted molar refractivity (Wildman–Crippen MR) is 60.3 cm³/mol. The monoisotopic (exact) mass is 207 g/mol. The Kier molecular flexibility index (Phi) is 2.55. The molecule has 2 heteroatoms. The van der Waals surface area contributed by atoms with E-state index in [4.69, 9.17) is 0 Å². The first kappa shape index (κ1) is 10.6. The molecule has 0 bridgehead atoms. The van der Waals surface area contributed by atoms with Crippen LogP contribution in [0.15, 0.2) is 18.2 Å². The smallest absolute Gasteiger partial charge is 0.127 e. The Bertz CT molecular complexity index is 365. The highest BCUT2D eigenvalue weighted by molar-refractivity contribution is 5.35. The van der Waals surface area contributed by atoms with Crippen molar-refractivity contribution >= 4 is 0 Å². The van der Waals surface area contributed by atoms with Crippen molar-refractivity contribution in [2.75, 3.05) is 6.54 Å². The molecule has 2 rings (SSSR count). The highest BCUT2D eigenvalue weighted by Crippen LogP contribution is 2.38. The van der Waals surface area contributed by atoms with Crippen LogP contribution in [-0.2, 0) is 6.54 Å². The SMILES string of the molecule is CC(C)(C)C1CNCc2c(F)cccc21. The van der Waals surface area contributed by atoms with Gasteiger partial charge < -0.3 is 5.32 Å². The first-order chi connectivity index (χ1) is 7.00. The molecule has 1 aliphatic rings. The first-order valence-corrected chi connectivity index (χ1v) is 5.48. The summed E-state index contributed by atoms with van der Waals surface area (Å²) < 4.78 is 13.6. The highest BCUT2D eigenvalue weighted by Gasteiger charge is 2.31. The van der Waals surface area contributed by atoms with Gasteiger partial charge in [-0.3, -0.25) is 0 Å². The van der Waals surface area contributed by atoms with Crippen molar-refractivity contribution in [3.05, 3.63) is 35.1 Å². The largest absolute Gasteiger partial charge is 0.312 e. The summed E-state index contributed by atoms with van der Waals surface area (Å²) in [5, 5.41) is 3.30. The average Bonchev–Trinajstić information content (AvgIpc) is 2.16. The molecule has 1 atom stereocenters. The van der Waals surface area contributed by atoms with E-state index >= 15 is 0 Å². The standard InChI is InChI=1S/C13H18FN/c1-13(2,3)11-8-15-7-10-9(11)5-4-6-12(10)14/h4-6,11,15H,7-8H2,1-3H3. The van der Waals surface area contributed by atoms with Crippen LogP contribution in [-0.4, -0.2) is 6.54 Å². The summed E-state index contributed by atoms with van der Waals surface area (Å²) >= 11 is 0. The first-order valence-electron chi connectivity index (χ1n) is 5.48. The van der Waals surface area contributed by atoms with Gasteiger partial charge in [-0.05, 0) is 17.0 Å². The number of benzene rings is 1. The van der Waals surface area contributed by atoms with Gasteiger partial charge in [0.2, 0.25) is 0 Å². The van der Waals surface area contributed by atoms with Crippen molar-refractivity contribution in [2.45, 2.75) is 33.2 Å². The predicted octanol–water partition coefficient (Wildman–Crippen LogP) is 3.06. The van der Waals surface area contributed by atoms with Crippen molar-refractivity contribution in [1.29, 1.82) is 0 Å². The molecule has 0 radical (unpaired) electrons. The lowest BCUT2D eigenvalue weighted by molar-refractivity contribution is 0.293. The normalized spacial score (nSPS) is 21.2. The number of hydrogen-bond acceptors (Lipinski definition) is 1. The molecule has 0 spiro atoms. The molecule has 0 aliphatic carbocycles. The van der Waals surface area contributed by atoms with Gasteiger partial charge in [-0.25, -0.2) is 4.39 Å². The zero-order chi connectivity index (χ0) is 11.1. The lowest BCUT2D eigenvalue weighted by Gasteiger charge is -2.36. The van der Waals surface area contributed by atoms with E-state index in [-0.39, 0.29) is 11.2 Å². The molecule has 1 nitrogen and oxygen atoms in total. The molecule has 0 amide bonds. The molecular weight excluding hydrogens is 189 g/mol. The van der Waals surface area contributed by atoms with E-state index < -0.39 is 0 Å². The summed E-state index contributed by atoms with van der Waals surface area (Å²) in [5.74, 6) is 0.325. The van der Waals surface area contributed by atoms with Crippen LogP contribution in [0.25, 0.3) is 0 Å². The summed E-state index contributed by atoms with van der Waals surface area (Å²) in [7, 11) is 0. The number of nitrogens with one attached hydrogen (secondary N) is 1. The van der Waals surface area contributed by atoms with E-state index in [0.29, 0.717) is 12.5 Å². The van der Waals surface area contributed by atoms with Gasteiger partial charge in [-0.2, -0.15) is 0 Å². The molecule has 1 aliphatic heterocycles. The summed E-state index contributed by atoms with van der Waals surface area (Å²) in [5.41, 5.74) is 2.21. The van der Waals surface area contributed by atoms with Gasteiger partial charge in [-0.1, -0.05) is 32.9 Å². The minimum absolute atomic E-state index is 0.0750. The van der Waals surface area contributed by atoms with Crippen molar-refractivity contribution in [2.24, 2.45) is 5.41 Å². The number of fused-ring (bicyclic) bond motifs is 1. The Balaban J connectivity index is 2.48. The molecule has 0 saturated carbocycles. The maximum atomic E-state index is 13.6. The van der Waals surface area contributed by atoms with Gasteiger partial charge >= 0.3 is 0 Å². The van der Waals surface area contributed by atoms with E-state index in [2.05, 4.69) is 32.2 Å². The number of hydrogen-bond donors (Lipinski definition) is 1. The fourth-order valence-electron chi connectivity index (χ4n) is 2.31. The third-order valence-corrected chi connectivity index (χ3v) is 3.23. The summed E-state index contributed by atoms with van der Waals surface area (Å²) in [6.07, 6.45) is 0. The second-order valence-electron chi connectivity index (χ2n) is 5.36. The highest BCUT2D eigenvalue weighted by atomic mass is 19.1. The van der Waals surface area contributed by atoms with Crippen LogP contribution in [0.5, 0.6) is 0 Å². The molecular formula is C13H18FN. The van der Waals surface area contributed by atoms with E-state index in [1.165, 1.54) is 5.56 Å². The molecule has 0 fully saturated rings. The van der Waals surface area contributed by atoms with Gasteiger partial charge in [0.1, 0.15) is 5.82 Å². The van der Waals surface area contributed by atoms with Crippen molar-refractivity contribution in [1.82, 2.24) is 5.32 Å². The minimum atomic E-state index is -0.0750. The molecule has 82 valence electrons. The zero-order valence-electron chi connectivity index (χ0n) is 9.60. The van der Waals surface area contributed by atoms with Crippen molar-refractivity contribution in [3.8, 4) is 0 Å². The lowest BCUT2D eigenvalue weighted by Crippen LogP contribution is -2.35. The van der Waals surface area contributed by atoms with Gasteiger partial charge in [0.05, 0.1) is 0 Å². The number of rotatable bonds is 0. The van der Waals surface area contributed by atoms with Crippen molar-refractivity contribution < 1.29 is 4.39 Å². The summed E-state index contributed by atoms with van der Waals surface area (Å²) in [6, 6.07) is 5.43. The zero-order valence-corrected chi connectivity index (χ0v) is 9.60. The van der Waals surface area contributed by atoms with Crippen LogP contribution < -0.4 is 5.32 Å². The van der Waals surface area contributed by atoms with Crippen LogP contribution in [0.3, 0.4) is 0 Å². The molecule has 1 unspecified atom stereocenters. The lowest BCUT2D eigenvalue weighted by atomic mass is 9.73. The molecule has 15 heavy (non-hydrogen) atoms. The fraction of sp³-hybridized carbons (Fsp3) is 0.538. The Morgan fingerprint density at radius 2 is 2.07 bits per heavy atom. The Labute approximate surface area is 90.7 Å². The van der Waals surface area contributed by atoms with Crippen molar-refractivity contribution in [3.63, 3.8) is 0 Å². The Hall–Kier alpha value is -0.890.